The third-order valence-electron chi connectivity index (χ3n) is 4.31. The van der Waals surface area contributed by atoms with Crippen molar-refractivity contribution >= 4 is 11.7 Å². The van der Waals surface area contributed by atoms with E-state index in [1.165, 1.54) is 24.9 Å². The highest BCUT2D eigenvalue weighted by atomic mass is 16.4. The second-order valence-corrected chi connectivity index (χ2v) is 5.66. The van der Waals surface area contributed by atoms with Crippen molar-refractivity contribution in [2.75, 3.05) is 11.4 Å². The fourth-order valence-corrected chi connectivity index (χ4v) is 2.96. The zero-order valence-electron chi connectivity index (χ0n) is 12.0. The summed E-state index contributed by atoms with van der Waals surface area (Å²) in [6, 6.07) is 6.00. The first-order valence-corrected chi connectivity index (χ1v) is 7.13. The second-order valence-electron chi connectivity index (χ2n) is 5.66. The summed E-state index contributed by atoms with van der Waals surface area (Å²) in [4.78, 5) is 13.4. The first-order chi connectivity index (χ1) is 9.02. The number of piperidine rings is 1. The van der Waals surface area contributed by atoms with Gasteiger partial charge in [0.25, 0.3) is 0 Å². The van der Waals surface area contributed by atoms with E-state index in [-0.39, 0.29) is 0 Å². The van der Waals surface area contributed by atoms with Crippen LogP contribution in [0.5, 0.6) is 0 Å². The van der Waals surface area contributed by atoms with Crippen molar-refractivity contribution in [3.8, 4) is 0 Å². The van der Waals surface area contributed by atoms with E-state index < -0.39 is 5.97 Å². The molecule has 0 aromatic heterocycles. The molecule has 0 amide bonds. The molecule has 104 valence electrons. The average Bonchev–Trinajstić information content (AvgIpc) is 2.39. The summed E-state index contributed by atoms with van der Waals surface area (Å²) in [5.74, 6) is -0.0949. The number of carboxylic acids is 1. The predicted molar refractivity (Wildman–Crippen MR) is 78.0 cm³/mol. The van der Waals surface area contributed by atoms with Crippen LogP contribution in [0.1, 0.15) is 49.0 Å². The summed E-state index contributed by atoms with van der Waals surface area (Å²) in [7, 11) is 0. The van der Waals surface area contributed by atoms with Gasteiger partial charge >= 0.3 is 5.97 Å². The molecule has 1 N–H and O–H groups in total. The van der Waals surface area contributed by atoms with Crippen LogP contribution >= 0.6 is 0 Å². The van der Waals surface area contributed by atoms with Crippen LogP contribution < -0.4 is 4.90 Å². The summed E-state index contributed by atoms with van der Waals surface area (Å²) in [6.45, 7) is 7.60. The van der Waals surface area contributed by atoms with Gasteiger partial charge in [0.1, 0.15) is 0 Å². The number of carboxylic acid groups (broad SMARTS) is 1. The van der Waals surface area contributed by atoms with E-state index in [1.807, 2.05) is 13.0 Å². The average molecular weight is 261 g/mol. The Labute approximate surface area is 115 Å². The van der Waals surface area contributed by atoms with Crippen molar-refractivity contribution in [1.82, 2.24) is 0 Å². The molecule has 1 aliphatic heterocycles. The standard InChI is InChI=1S/C16H23NO2/c1-4-13-6-5-12(3)17(10-13)15-8-7-14(16(18)19)9-11(15)2/h7-9,12-13H,4-6,10H2,1-3H3,(H,18,19). The van der Waals surface area contributed by atoms with Gasteiger partial charge in [0.15, 0.2) is 0 Å². The van der Waals surface area contributed by atoms with Crippen LogP contribution in [0.25, 0.3) is 0 Å². The SMILES string of the molecule is CCC1CCC(C)N(c2ccc(C(=O)O)cc2C)C1. The molecule has 0 aliphatic carbocycles. The minimum Gasteiger partial charge on any atom is -0.478 e. The molecule has 2 atom stereocenters. The van der Waals surface area contributed by atoms with E-state index in [9.17, 15) is 4.79 Å². The van der Waals surface area contributed by atoms with Crippen molar-refractivity contribution in [3.63, 3.8) is 0 Å². The molecule has 0 bridgehead atoms. The Hall–Kier alpha value is -1.51. The van der Waals surface area contributed by atoms with Gasteiger partial charge in [-0.15, -0.1) is 0 Å². The topological polar surface area (TPSA) is 40.5 Å². The molecule has 0 spiro atoms. The van der Waals surface area contributed by atoms with E-state index in [0.717, 1.165) is 18.0 Å². The van der Waals surface area contributed by atoms with Crippen LogP contribution in [-0.2, 0) is 0 Å². The number of carbonyl (C=O) groups is 1. The van der Waals surface area contributed by atoms with E-state index in [0.29, 0.717) is 11.6 Å². The molecule has 1 aromatic rings. The molecule has 1 aliphatic rings. The lowest BCUT2D eigenvalue weighted by molar-refractivity contribution is 0.0697. The van der Waals surface area contributed by atoms with E-state index in [1.54, 1.807) is 12.1 Å². The molecule has 19 heavy (non-hydrogen) atoms. The number of benzene rings is 1. The minimum absolute atomic E-state index is 0.373. The molecule has 2 unspecified atom stereocenters. The van der Waals surface area contributed by atoms with Gasteiger partial charge in [0.05, 0.1) is 5.56 Å². The highest BCUT2D eigenvalue weighted by Crippen LogP contribution is 2.31. The van der Waals surface area contributed by atoms with Crippen LogP contribution in [-0.4, -0.2) is 23.7 Å². The van der Waals surface area contributed by atoms with Gasteiger partial charge in [0, 0.05) is 18.3 Å². The molecule has 1 aromatic carbocycles. The molecular formula is C16H23NO2. The maximum atomic E-state index is 11.0. The number of hydrogen-bond acceptors (Lipinski definition) is 2. The summed E-state index contributed by atoms with van der Waals surface area (Å²) in [6.07, 6.45) is 3.74. The molecule has 0 radical (unpaired) electrons. The quantitative estimate of drug-likeness (QED) is 0.901. The maximum absolute atomic E-state index is 11.0. The lowest BCUT2D eigenvalue weighted by Gasteiger charge is -2.40. The Bertz CT molecular complexity index is 470. The highest BCUT2D eigenvalue weighted by Gasteiger charge is 2.25. The molecule has 1 fully saturated rings. The van der Waals surface area contributed by atoms with Crippen LogP contribution in [0.15, 0.2) is 18.2 Å². The second kappa shape index (κ2) is 5.64. The molecule has 2 rings (SSSR count). The van der Waals surface area contributed by atoms with Crippen LogP contribution in [0.2, 0.25) is 0 Å². The van der Waals surface area contributed by atoms with Gasteiger partial charge in [-0.1, -0.05) is 13.3 Å². The third kappa shape index (κ3) is 2.91. The lowest BCUT2D eigenvalue weighted by Crippen LogP contribution is -2.42. The fourth-order valence-electron chi connectivity index (χ4n) is 2.96. The first-order valence-electron chi connectivity index (χ1n) is 7.13. The molecule has 3 heteroatoms. The van der Waals surface area contributed by atoms with E-state index in [4.69, 9.17) is 5.11 Å². The Morgan fingerprint density at radius 3 is 2.74 bits per heavy atom. The zero-order valence-corrected chi connectivity index (χ0v) is 12.0. The summed E-state index contributed by atoms with van der Waals surface area (Å²) < 4.78 is 0. The summed E-state index contributed by atoms with van der Waals surface area (Å²) >= 11 is 0. The van der Waals surface area contributed by atoms with Crippen LogP contribution in [0.4, 0.5) is 5.69 Å². The van der Waals surface area contributed by atoms with Crippen LogP contribution in [0, 0.1) is 12.8 Å². The summed E-state index contributed by atoms with van der Waals surface area (Å²) in [5.41, 5.74) is 2.62. The van der Waals surface area contributed by atoms with Crippen molar-refractivity contribution in [2.24, 2.45) is 5.92 Å². The van der Waals surface area contributed by atoms with Gasteiger partial charge in [-0.3, -0.25) is 0 Å². The minimum atomic E-state index is -0.854. The molecule has 1 saturated heterocycles. The zero-order chi connectivity index (χ0) is 14.0. The highest BCUT2D eigenvalue weighted by molar-refractivity contribution is 5.88. The van der Waals surface area contributed by atoms with E-state index in [2.05, 4.69) is 18.7 Å². The number of nitrogens with zero attached hydrogens (tertiary/aromatic N) is 1. The number of rotatable bonds is 3. The van der Waals surface area contributed by atoms with Crippen LogP contribution in [0.3, 0.4) is 0 Å². The lowest BCUT2D eigenvalue weighted by atomic mass is 9.90. The molecule has 1 heterocycles. The Kier molecular flexibility index (Phi) is 4.13. The monoisotopic (exact) mass is 261 g/mol. The Morgan fingerprint density at radius 1 is 1.42 bits per heavy atom. The third-order valence-corrected chi connectivity index (χ3v) is 4.31. The number of aryl methyl sites for hydroxylation is 1. The number of hydrogen-bond donors (Lipinski definition) is 1. The van der Waals surface area contributed by atoms with Crippen molar-refractivity contribution < 1.29 is 9.90 Å². The van der Waals surface area contributed by atoms with Crippen molar-refractivity contribution in [2.45, 2.75) is 46.1 Å². The largest absolute Gasteiger partial charge is 0.478 e. The number of aromatic carboxylic acids is 1. The van der Waals surface area contributed by atoms with Crippen molar-refractivity contribution in [3.05, 3.63) is 29.3 Å². The normalized spacial score (nSPS) is 23.4. The van der Waals surface area contributed by atoms with Gasteiger partial charge in [0.2, 0.25) is 0 Å². The molecule has 3 nitrogen and oxygen atoms in total. The van der Waals surface area contributed by atoms with Crippen molar-refractivity contribution in [1.29, 1.82) is 0 Å². The first kappa shape index (κ1) is 13.9. The predicted octanol–water partition coefficient (Wildman–Crippen LogP) is 3.71. The number of anilines is 1. The van der Waals surface area contributed by atoms with Gasteiger partial charge < -0.3 is 10.0 Å². The van der Waals surface area contributed by atoms with Gasteiger partial charge in [-0.25, -0.2) is 4.79 Å². The fraction of sp³-hybridized carbons (Fsp3) is 0.562. The Morgan fingerprint density at radius 2 is 2.16 bits per heavy atom. The molecular weight excluding hydrogens is 238 g/mol. The van der Waals surface area contributed by atoms with E-state index >= 15 is 0 Å². The smallest absolute Gasteiger partial charge is 0.335 e. The maximum Gasteiger partial charge on any atom is 0.335 e. The molecule has 0 saturated carbocycles. The van der Waals surface area contributed by atoms with Gasteiger partial charge in [-0.05, 0) is 56.4 Å². The summed E-state index contributed by atoms with van der Waals surface area (Å²) in [5, 5.41) is 9.03. The Balaban J connectivity index is 2.27. The van der Waals surface area contributed by atoms with Gasteiger partial charge in [-0.2, -0.15) is 0 Å².